The zero-order valence-corrected chi connectivity index (χ0v) is 12.6. The van der Waals surface area contributed by atoms with Crippen LogP contribution in [0, 0.1) is 9.49 Å². The molecular weight excluding hydrogens is 339 g/mol. The molecule has 1 saturated carbocycles. The van der Waals surface area contributed by atoms with E-state index < -0.39 is 0 Å². The van der Waals surface area contributed by atoms with Crippen LogP contribution in [0.15, 0.2) is 18.3 Å². The molecule has 1 aromatic heterocycles. The number of aromatic nitrogens is 1. The molecule has 2 heterocycles. The van der Waals surface area contributed by atoms with Crippen molar-refractivity contribution in [3.63, 3.8) is 0 Å². The van der Waals surface area contributed by atoms with E-state index in [0.717, 1.165) is 15.7 Å². The molecule has 1 aliphatic heterocycles. The van der Waals surface area contributed by atoms with Crippen molar-refractivity contribution < 1.29 is 4.79 Å². The van der Waals surface area contributed by atoms with Crippen molar-refractivity contribution in [2.75, 3.05) is 7.05 Å². The van der Waals surface area contributed by atoms with E-state index in [-0.39, 0.29) is 11.8 Å². The van der Waals surface area contributed by atoms with Crippen LogP contribution in [-0.4, -0.2) is 28.9 Å². The van der Waals surface area contributed by atoms with Gasteiger partial charge < -0.3 is 4.90 Å². The quantitative estimate of drug-likeness (QED) is 0.725. The van der Waals surface area contributed by atoms with Gasteiger partial charge in [0.05, 0.1) is 11.6 Å². The first-order valence-corrected chi connectivity index (χ1v) is 7.64. The second kappa shape index (κ2) is 4.79. The Morgan fingerprint density at radius 2 is 2.11 bits per heavy atom. The largest absolute Gasteiger partial charge is 0.342 e. The van der Waals surface area contributed by atoms with Crippen molar-refractivity contribution in [1.29, 1.82) is 0 Å². The molecule has 3 rings (SSSR count). The van der Waals surface area contributed by atoms with Gasteiger partial charge in [0.1, 0.15) is 0 Å². The number of amides is 1. The fourth-order valence-electron chi connectivity index (χ4n) is 3.49. The molecule has 4 heteroatoms. The van der Waals surface area contributed by atoms with E-state index in [1.165, 1.54) is 19.3 Å². The van der Waals surface area contributed by atoms with Crippen molar-refractivity contribution in [1.82, 2.24) is 9.88 Å². The molecule has 0 radical (unpaired) electrons. The lowest BCUT2D eigenvalue weighted by molar-refractivity contribution is -0.128. The van der Waals surface area contributed by atoms with Crippen LogP contribution >= 0.6 is 22.6 Å². The summed E-state index contributed by atoms with van der Waals surface area (Å²) in [5.41, 5.74) is 0.960. The van der Waals surface area contributed by atoms with Gasteiger partial charge in [-0.1, -0.05) is 12.8 Å². The molecule has 0 N–H and O–H groups in total. The van der Waals surface area contributed by atoms with Gasteiger partial charge in [0.15, 0.2) is 0 Å². The van der Waals surface area contributed by atoms with Gasteiger partial charge in [-0.05, 0) is 53.5 Å². The van der Waals surface area contributed by atoms with Crippen molar-refractivity contribution in [2.24, 2.45) is 5.92 Å². The number of rotatable bonds is 1. The van der Waals surface area contributed by atoms with Gasteiger partial charge in [-0.15, -0.1) is 0 Å². The number of nitrogens with zero attached hydrogens (tertiary/aromatic N) is 2. The Balaban J connectivity index is 1.95. The van der Waals surface area contributed by atoms with Crippen molar-refractivity contribution in [3.8, 4) is 0 Å². The van der Waals surface area contributed by atoms with E-state index in [0.29, 0.717) is 12.0 Å². The number of carbonyl (C=O) groups is 1. The molecular formula is C14H17IN2O. The third kappa shape index (κ3) is 1.94. The minimum Gasteiger partial charge on any atom is -0.342 e. The van der Waals surface area contributed by atoms with E-state index in [9.17, 15) is 4.79 Å². The van der Waals surface area contributed by atoms with Crippen molar-refractivity contribution >= 4 is 28.5 Å². The average Bonchev–Trinajstić information content (AvgIpc) is 2.64. The third-order valence-electron chi connectivity index (χ3n) is 4.39. The molecule has 3 atom stereocenters. The Bertz CT molecular complexity index is 459. The van der Waals surface area contributed by atoms with Crippen LogP contribution in [0.5, 0.6) is 0 Å². The second-order valence-corrected chi connectivity index (χ2v) is 6.59. The van der Waals surface area contributed by atoms with Crippen LogP contribution in [0.25, 0.3) is 0 Å². The molecule has 1 saturated heterocycles. The number of pyridine rings is 1. The molecule has 2 fully saturated rings. The van der Waals surface area contributed by atoms with E-state index in [1.807, 2.05) is 30.3 Å². The Morgan fingerprint density at radius 3 is 2.83 bits per heavy atom. The summed E-state index contributed by atoms with van der Waals surface area (Å²) in [6, 6.07) is 4.51. The highest BCUT2D eigenvalue weighted by molar-refractivity contribution is 14.1. The summed E-state index contributed by atoms with van der Waals surface area (Å²) >= 11 is 2.25. The normalized spacial score (nSPS) is 31.6. The SMILES string of the molecule is CN1C(=O)[C@H](c2ccc(I)cn2)[C@@H]2CCCC[C@@H]21. The smallest absolute Gasteiger partial charge is 0.232 e. The van der Waals surface area contributed by atoms with Crippen LogP contribution in [0.3, 0.4) is 0 Å². The van der Waals surface area contributed by atoms with Gasteiger partial charge in [0.2, 0.25) is 5.91 Å². The zero-order chi connectivity index (χ0) is 12.7. The van der Waals surface area contributed by atoms with Gasteiger partial charge in [-0.3, -0.25) is 9.78 Å². The predicted molar refractivity (Wildman–Crippen MR) is 78.2 cm³/mol. The van der Waals surface area contributed by atoms with Gasteiger partial charge in [0.25, 0.3) is 0 Å². The van der Waals surface area contributed by atoms with Gasteiger partial charge in [0, 0.05) is 22.9 Å². The standard InChI is InChI=1S/C14H17IN2O/c1-17-12-5-3-2-4-10(12)13(14(17)18)11-7-6-9(15)8-16-11/h6-8,10,12-13H,2-5H2,1H3/t10-,12+,13+/m1/s1. The molecule has 1 aliphatic carbocycles. The molecule has 0 unspecified atom stereocenters. The van der Waals surface area contributed by atoms with Gasteiger partial charge in [-0.25, -0.2) is 0 Å². The van der Waals surface area contributed by atoms with Crippen LogP contribution in [0.2, 0.25) is 0 Å². The van der Waals surface area contributed by atoms with Crippen LogP contribution in [0.4, 0.5) is 0 Å². The first-order valence-electron chi connectivity index (χ1n) is 6.56. The topological polar surface area (TPSA) is 33.2 Å². The predicted octanol–water partition coefficient (Wildman–Crippen LogP) is 2.80. The number of likely N-dealkylation sites (N-methyl/N-ethyl adjacent to an activating group) is 1. The van der Waals surface area contributed by atoms with Gasteiger partial charge >= 0.3 is 0 Å². The number of hydrogen-bond donors (Lipinski definition) is 0. The highest BCUT2D eigenvalue weighted by atomic mass is 127. The average molecular weight is 356 g/mol. The molecule has 2 aliphatic rings. The van der Waals surface area contributed by atoms with Crippen molar-refractivity contribution in [3.05, 3.63) is 27.6 Å². The van der Waals surface area contributed by atoms with E-state index in [4.69, 9.17) is 0 Å². The number of likely N-dealkylation sites (tertiary alicyclic amines) is 1. The summed E-state index contributed by atoms with van der Waals surface area (Å²) in [5, 5.41) is 0. The first kappa shape index (κ1) is 12.4. The molecule has 1 amide bonds. The minimum absolute atomic E-state index is 0.00250. The summed E-state index contributed by atoms with van der Waals surface area (Å²) in [7, 11) is 1.96. The van der Waals surface area contributed by atoms with E-state index >= 15 is 0 Å². The number of halogens is 1. The lowest BCUT2D eigenvalue weighted by atomic mass is 9.78. The minimum atomic E-state index is -0.00250. The zero-order valence-electron chi connectivity index (χ0n) is 10.5. The Labute approximate surface area is 121 Å². The summed E-state index contributed by atoms with van der Waals surface area (Å²) in [6.07, 6.45) is 6.70. The molecule has 18 heavy (non-hydrogen) atoms. The summed E-state index contributed by atoms with van der Waals surface area (Å²) in [4.78, 5) is 18.9. The monoisotopic (exact) mass is 356 g/mol. The first-order chi connectivity index (χ1) is 8.68. The molecule has 0 aromatic carbocycles. The molecule has 96 valence electrons. The maximum atomic E-state index is 12.4. The lowest BCUT2D eigenvalue weighted by Crippen LogP contribution is -2.33. The number of fused-ring (bicyclic) bond motifs is 1. The van der Waals surface area contributed by atoms with Crippen LogP contribution in [0.1, 0.15) is 37.3 Å². The Hall–Kier alpha value is -0.650. The molecule has 0 spiro atoms. The summed E-state index contributed by atoms with van der Waals surface area (Å²) in [6.45, 7) is 0. The third-order valence-corrected chi connectivity index (χ3v) is 5.03. The summed E-state index contributed by atoms with van der Waals surface area (Å²) < 4.78 is 1.12. The maximum Gasteiger partial charge on any atom is 0.232 e. The highest BCUT2D eigenvalue weighted by Crippen LogP contribution is 2.44. The van der Waals surface area contributed by atoms with Crippen LogP contribution < -0.4 is 0 Å². The fourth-order valence-corrected chi connectivity index (χ4v) is 3.81. The van der Waals surface area contributed by atoms with Crippen LogP contribution in [-0.2, 0) is 4.79 Å². The number of hydrogen-bond acceptors (Lipinski definition) is 2. The van der Waals surface area contributed by atoms with Crippen molar-refractivity contribution in [2.45, 2.75) is 37.6 Å². The molecule has 0 bridgehead atoms. The Morgan fingerprint density at radius 1 is 1.33 bits per heavy atom. The number of carbonyl (C=O) groups excluding carboxylic acids is 1. The fraction of sp³-hybridized carbons (Fsp3) is 0.571. The second-order valence-electron chi connectivity index (χ2n) is 5.34. The molecule has 1 aromatic rings. The van der Waals surface area contributed by atoms with Gasteiger partial charge in [-0.2, -0.15) is 0 Å². The lowest BCUT2D eigenvalue weighted by Gasteiger charge is -2.29. The summed E-state index contributed by atoms with van der Waals surface area (Å²) in [5.74, 6) is 0.738. The van der Waals surface area contributed by atoms with E-state index in [2.05, 4.69) is 27.6 Å². The maximum absolute atomic E-state index is 12.4. The highest BCUT2D eigenvalue weighted by Gasteiger charge is 2.48. The Kier molecular flexibility index (Phi) is 3.30. The van der Waals surface area contributed by atoms with E-state index in [1.54, 1.807) is 0 Å². The molecule has 3 nitrogen and oxygen atoms in total.